The number of fused-ring (bicyclic) bond motifs is 1. The number of hydrogen-bond donors (Lipinski definition) is 2. The average Bonchev–Trinajstić information content (AvgIpc) is 3.00. The van der Waals surface area contributed by atoms with E-state index in [1.165, 1.54) is 19.4 Å². The van der Waals surface area contributed by atoms with Crippen molar-refractivity contribution >= 4 is 11.6 Å². The third kappa shape index (κ3) is 3.25. The molecule has 7 nitrogen and oxygen atoms in total. The quantitative estimate of drug-likeness (QED) is 0.607. The molecule has 2 saturated heterocycles. The fraction of sp³-hybridized carbons (Fsp3) is 0.714. The number of aromatic nitrogens is 2. The normalized spacial score (nSPS) is 22.4. The summed E-state index contributed by atoms with van der Waals surface area (Å²) < 4.78 is 5.41. The maximum atomic E-state index is 5.52. The second kappa shape index (κ2) is 6.55. The Labute approximate surface area is 125 Å². The molecular weight excluding hydrogens is 268 g/mol. The van der Waals surface area contributed by atoms with Gasteiger partial charge < -0.3 is 15.1 Å². The van der Waals surface area contributed by atoms with Crippen LogP contribution in [0.1, 0.15) is 25.6 Å². The molecule has 2 fully saturated rings. The fourth-order valence-corrected chi connectivity index (χ4v) is 3.18. The summed E-state index contributed by atoms with van der Waals surface area (Å²) in [5.41, 5.74) is 2.63. The summed E-state index contributed by atoms with van der Waals surface area (Å²) in [6.07, 6.45) is 2.60. The van der Waals surface area contributed by atoms with Gasteiger partial charge in [0.2, 0.25) is 0 Å². The number of nitrogen functional groups attached to an aromatic ring is 1. The van der Waals surface area contributed by atoms with E-state index in [9.17, 15) is 0 Å². The van der Waals surface area contributed by atoms with Gasteiger partial charge in [-0.05, 0) is 26.3 Å². The van der Waals surface area contributed by atoms with Crippen molar-refractivity contribution in [3.63, 3.8) is 0 Å². The fourth-order valence-electron chi connectivity index (χ4n) is 3.18. The van der Waals surface area contributed by atoms with Gasteiger partial charge in [0.25, 0.3) is 0 Å². The third-order valence-electron chi connectivity index (χ3n) is 4.25. The van der Waals surface area contributed by atoms with E-state index in [-0.39, 0.29) is 0 Å². The van der Waals surface area contributed by atoms with E-state index >= 15 is 0 Å². The Hall–Kier alpha value is -1.44. The molecule has 0 saturated carbocycles. The molecule has 0 bridgehead atoms. The van der Waals surface area contributed by atoms with E-state index in [4.69, 9.17) is 10.6 Å². The Morgan fingerprint density at radius 3 is 3.10 bits per heavy atom. The summed E-state index contributed by atoms with van der Waals surface area (Å²) in [6, 6.07) is 2.58. The van der Waals surface area contributed by atoms with E-state index in [2.05, 4.69) is 25.2 Å². The summed E-state index contributed by atoms with van der Waals surface area (Å²) in [5.74, 6) is 7.79. The Morgan fingerprint density at radius 2 is 2.29 bits per heavy atom. The first-order chi connectivity index (χ1) is 10.3. The van der Waals surface area contributed by atoms with E-state index in [0.717, 1.165) is 25.5 Å². The lowest BCUT2D eigenvalue weighted by Crippen LogP contribution is -2.50. The molecule has 3 rings (SSSR count). The molecule has 1 atom stereocenters. The zero-order valence-corrected chi connectivity index (χ0v) is 12.6. The van der Waals surface area contributed by atoms with Gasteiger partial charge in [-0.15, -0.1) is 0 Å². The second-order valence-corrected chi connectivity index (χ2v) is 5.59. The highest BCUT2D eigenvalue weighted by atomic mass is 16.5. The SMILES string of the molecule is CCOCc1nc(NN)cc(N2CCN3CCCC3C2)n1. The maximum absolute atomic E-state index is 5.52. The molecule has 0 aromatic carbocycles. The molecule has 0 aliphatic carbocycles. The summed E-state index contributed by atoms with van der Waals surface area (Å²) in [7, 11) is 0. The number of nitrogens with two attached hydrogens (primary N) is 1. The van der Waals surface area contributed by atoms with Gasteiger partial charge in [0.15, 0.2) is 5.82 Å². The van der Waals surface area contributed by atoms with Crippen molar-refractivity contribution in [2.75, 3.05) is 43.1 Å². The van der Waals surface area contributed by atoms with Crippen LogP contribution in [-0.4, -0.2) is 53.7 Å². The van der Waals surface area contributed by atoms with Gasteiger partial charge in [0, 0.05) is 38.3 Å². The lowest BCUT2D eigenvalue weighted by atomic mass is 10.1. The van der Waals surface area contributed by atoms with Gasteiger partial charge >= 0.3 is 0 Å². The van der Waals surface area contributed by atoms with Gasteiger partial charge in [0.05, 0.1) is 0 Å². The Bertz CT molecular complexity index is 483. The van der Waals surface area contributed by atoms with Gasteiger partial charge in [0.1, 0.15) is 18.2 Å². The lowest BCUT2D eigenvalue weighted by Gasteiger charge is -2.38. The summed E-state index contributed by atoms with van der Waals surface area (Å²) >= 11 is 0. The van der Waals surface area contributed by atoms with Crippen LogP contribution in [0.4, 0.5) is 11.6 Å². The van der Waals surface area contributed by atoms with Gasteiger partial charge in [-0.3, -0.25) is 4.90 Å². The molecule has 3 N–H and O–H groups in total. The first-order valence-corrected chi connectivity index (χ1v) is 7.71. The molecule has 0 spiro atoms. The first-order valence-electron chi connectivity index (χ1n) is 7.71. The van der Waals surface area contributed by atoms with Crippen LogP contribution in [0.2, 0.25) is 0 Å². The van der Waals surface area contributed by atoms with Crippen LogP contribution in [0.15, 0.2) is 6.07 Å². The van der Waals surface area contributed by atoms with Crippen LogP contribution < -0.4 is 16.2 Å². The monoisotopic (exact) mass is 292 g/mol. The molecule has 2 aliphatic rings. The largest absolute Gasteiger partial charge is 0.374 e. The highest BCUT2D eigenvalue weighted by Crippen LogP contribution is 2.25. The van der Waals surface area contributed by atoms with E-state index in [0.29, 0.717) is 30.9 Å². The topological polar surface area (TPSA) is 79.5 Å². The first kappa shape index (κ1) is 14.5. The second-order valence-electron chi connectivity index (χ2n) is 5.59. The molecule has 1 unspecified atom stereocenters. The van der Waals surface area contributed by atoms with Gasteiger partial charge in [-0.25, -0.2) is 15.8 Å². The van der Waals surface area contributed by atoms with Crippen molar-refractivity contribution in [1.29, 1.82) is 0 Å². The van der Waals surface area contributed by atoms with Crippen LogP contribution in [0, 0.1) is 0 Å². The smallest absolute Gasteiger partial charge is 0.158 e. The Balaban J connectivity index is 1.76. The summed E-state index contributed by atoms with van der Waals surface area (Å²) in [5, 5.41) is 0. The van der Waals surface area contributed by atoms with Gasteiger partial charge in [-0.1, -0.05) is 0 Å². The molecule has 2 aliphatic heterocycles. The predicted molar refractivity (Wildman–Crippen MR) is 82.0 cm³/mol. The van der Waals surface area contributed by atoms with Crippen molar-refractivity contribution in [3.05, 3.63) is 11.9 Å². The van der Waals surface area contributed by atoms with Crippen molar-refractivity contribution in [2.45, 2.75) is 32.4 Å². The maximum Gasteiger partial charge on any atom is 0.158 e. The Morgan fingerprint density at radius 1 is 1.38 bits per heavy atom. The highest BCUT2D eigenvalue weighted by molar-refractivity contribution is 5.49. The zero-order chi connectivity index (χ0) is 14.7. The molecule has 7 heteroatoms. The van der Waals surface area contributed by atoms with Crippen LogP contribution in [0.5, 0.6) is 0 Å². The summed E-state index contributed by atoms with van der Waals surface area (Å²) in [4.78, 5) is 13.9. The number of hydrazine groups is 1. The average molecular weight is 292 g/mol. The van der Waals surface area contributed by atoms with Crippen molar-refractivity contribution in [2.24, 2.45) is 5.84 Å². The number of anilines is 2. The van der Waals surface area contributed by atoms with E-state index in [1.54, 1.807) is 0 Å². The highest BCUT2D eigenvalue weighted by Gasteiger charge is 2.31. The summed E-state index contributed by atoms with van der Waals surface area (Å²) in [6.45, 7) is 7.43. The third-order valence-corrected chi connectivity index (χ3v) is 4.25. The number of piperazine rings is 1. The molecule has 116 valence electrons. The van der Waals surface area contributed by atoms with Crippen LogP contribution in [0.25, 0.3) is 0 Å². The molecule has 1 aromatic rings. The number of rotatable bonds is 5. The molecular formula is C14H24N6O. The molecule has 0 amide bonds. The van der Waals surface area contributed by atoms with E-state index < -0.39 is 0 Å². The number of nitrogens with one attached hydrogen (secondary N) is 1. The number of nitrogens with zero attached hydrogens (tertiary/aromatic N) is 4. The van der Waals surface area contributed by atoms with Crippen LogP contribution in [0.3, 0.4) is 0 Å². The van der Waals surface area contributed by atoms with Gasteiger partial charge in [-0.2, -0.15) is 0 Å². The minimum atomic E-state index is 0.419. The number of ether oxygens (including phenoxy) is 1. The zero-order valence-electron chi connectivity index (χ0n) is 12.6. The van der Waals surface area contributed by atoms with Crippen molar-refractivity contribution in [3.8, 4) is 0 Å². The Kier molecular flexibility index (Phi) is 4.52. The minimum absolute atomic E-state index is 0.419. The molecule has 0 radical (unpaired) electrons. The van der Waals surface area contributed by atoms with Crippen LogP contribution >= 0.6 is 0 Å². The minimum Gasteiger partial charge on any atom is -0.374 e. The lowest BCUT2D eigenvalue weighted by molar-refractivity contribution is 0.128. The van der Waals surface area contributed by atoms with E-state index in [1.807, 2.05) is 13.0 Å². The molecule has 1 aromatic heterocycles. The van der Waals surface area contributed by atoms with Crippen molar-refractivity contribution in [1.82, 2.24) is 14.9 Å². The molecule has 3 heterocycles. The predicted octanol–water partition coefficient (Wildman–Crippen LogP) is 0.583. The molecule has 21 heavy (non-hydrogen) atoms. The van der Waals surface area contributed by atoms with Crippen molar-refractivity contribution < 1.29 is 4.74 Å². The standard InChI is InChI=1S/C14H24N6O/c1-2-21-10-13-16-12(18-15)8-14(17-13)20-7-6-19-5-3-4-11(19)9-20/h8,11H,2-7,9-10,15H2,1H3,(H,16,17,18). The number of hydrogen-bond acceptors (Lipinski definition) is 7. The van der Waals surface area contributed by atoms with Crippen LogP contribution in [-0.2, 0) is 11.3 Å².